The van der Waals surface area contributed by atoms with Gasteiger partial charge >= 0.3 is 0 Å². The first kappa shape index (κ1) is 21.4. The van der Waals surface area contributed by atoms with Crippen molar-refractivity contribution in [3.05, 3.63) is 82.3 Å². The molecule has 1 aromatic heterocycles. The van der Waals surface area contributed by atoms with Crippen LogP contribution in [0.25, 0.3) is 11.3 Å². The third kappa shape index (κ3) is 3.90. The highest BCUT2D eigenvalue weighted by atomic mass is 19.2. The van der Waals surface area contributed by atoms with Gasteiger partial charge in [0.25, 0.3) is 0 Å². The highest BCUT2D eigenvalue weighted by Gasteiger charge is 2.26. The Kier molecular flexibility index (Phi) is 6.14. The lowest BCUT2D eigenvalue weighted by atomic mass is 9.94. The molecule has 0 fully saturated rings. The molecule has 0 spiro atoms. The zero-order valence-electron chi connectivity index (χ0n) is 16.0. The van der Waals surface area contributed by atoms with Gasteiger partial charge in [0.1, 0.15) is 11.4 Å². The molecule has 0 atom stereocenters. The van der Waals surface area contributed by atoms with Crippen LogP contribution in [0, 0.1) is 36.0 Å². The maximum Gasteiger partial charge on any atom is 0.200 e. The Hall–Kier alpha value is -3.29. The van der Waals surface area contributed by atoms with Gasteiger partial charge in [-0.2, -0.15) is 0 Å². The van der Waals surface area contributed by atoms with Gasteiger partial charge in [-0.15, -0.1) is 0 Å². The van der Waals surface area contributed by atoms with Gasteiger partial charge in [0, 0.05) is 29.3 Å². The maximum atomic E-state index is 13.9. The standard InChI is InChI=1S/C22H16F5NO2/c1-11-5-6-12(22-16(30-2)4-3-9-28-22)14(10-11)15(29)8-7-13-17(23)19(25)21(27)20(26)18(13)24/h3-6,9-10H,7-8H2,1-2H3. The number of ether oxygens (including phenoxy) is 1. The van der Waals surface area contributed by atoms with Crippen LogP contribution < -0.4 is 4.74 Å². The minimum atomic E-state index is -2.23. The van der Waals surface area contributed by atoms with Gasteiger partial charge in [-0.3, -0.25) is 9.78 Å². The maximum absolute atomic E-state index is 13.9. The molecule has 0 N–H and O–H groups in total. The molecule has 30 heavy (non-hydrogen) atoms. The van der Waals surface area contributed by atoms with E-state index >= 15 is 0 Å². The number of methoxy groups -OCH3 is 1. The Balaban J connectivity index is 1.97. The van der Waals surface area contributed by atoms with Crippen LogP contribution in [0.2, 0.25) is 0 Å². The van der Waals surface area contributed by atoms with Crippen LogP contribution in [-0.2, 0) is 6.42 Å². The first-order valence-corrected chi connectivity index (χ1v) is 8.89. The number of rotatable bonds is 6. The molecule has 3 nitrogen and oxygen atoms in total. The van der Waals surface area contributed by atoms with Gasteiger partial charge in [0.05, 0.1) is 7.11 Å². The Morgan fingerprint density at radius 3 is 2.23 bits per heavy atom. The van der Waals surface area contributed by atoms with E-state index in [4.69, 9.17) is 4.74 Å². The van der Waals surface area contributed by atoms with Gasteiger partial charge < -0.3 is 4.74 Å². The summed E-state index contributed by atoms with van der Waals surface area (Å²) in [6, 6.07) is 8.30. The summed E-state index contributed by atoms with van der Waals surface area (Å²) in [6.45, 7) is 1.75. The molecule has 0 bridgehead atoms. The zero-order valence-corrected chi connectivity index (χ0v) is 16.0. The van der Waals surface area contributed by atoms with Crippen molar-refractivity contribution >= 4 is 5.78 Å². The Morgan fingerprint density at radius 1 is 0.967 bits per heavy atom. The molecule has 1 heterocycles. The van der Waals surface area contributed by atoms with Crippen molar-refractivity contribution in [1.82, 2.24) is 4.98 Å². The van der Waals surface area contributed by atoms with Gasteiger partial charge in [0.2, 0.25) is 5.82 Å². The van der Waals surface area contributed by atoms with E-state index < -0.39 is 53.3 Å². The number of aryl methyl sites for hydroxylation is 1. The second-order valence-corrected chi connectivity index (χ2v) is 6.57. The van der Waals surface area contributed by atoms with E-state index in [9.17, 15) is 26.7 Å². The fourth-order valence-electron chi connectivity index (χ4n) is 3.10. The molecule has 3 rings (SSSR count). The first-order valence-electron chi connectivity index (χ1n) is 8.89. The summed E-state index contributed by atoms with van der Waals surface area (Å²) in [4.78, 5) is 17.1. The van der Waals surface area contributed by atoms with Crippen molar-refractivity contribution in [1.29, 1.82) is 0 Å². The smallest absolute Gasteiger partial charge is 0.200 e. The molecule has 0 saturated heterocycles. The topological polar surface area (TPSA) is 39.2 Å². The second-order valence-electron chi connectivity index (χ2n) is 6.57. The average molecular weight is 421 g/mol. The van der Waals surface area contributed by atoms with Crippen LogP contribution in [0.5, 0.6) is 5.75 Å². The lowest BCUT2D eigenvalue weighted by Gasteiger charge is -2.13. The highest BCUT2D eigenvalue weighted by molar-refractivity contribution is 6.02. The predicted octanol–water partition coefficient (Wildman–Crippen LogP) is 5.58. The summed E-state index contributed by atoms with van der Waals surface area (Å²) in [6.07, 6.45) is 0.391. The molecule has 2 aromatic carbocycles. The number of ketones is 1. The Bertz CT molecular complexity index is 1100. The molecule has 8 heteroatoms. The fourth-order valence-corrected chi connectivity index (χ4v) is 3.10. The molecule has 0 radical (unpaired) electrons. The van der Waals surface area contributed by atoms with Crippen molar-refractivity contribution in [2.45, 2.75) is 19.8 Å². The summed E-state index contributed by atoms with van der Waals surface area (Å²) in [5, 5.41) is 0. The number of carbonyl (C=O) groups excluding carboxylic acids is 1. The van der Waals surface area contributed by atoms with Gasteiger partial charge in [-0.1, -0.05) is 17.7 Å². The van der Waals surface area contributed by atoms with Crippen molar-refractivity contribution in [3.63, 3.8) is 0 Å². The summed E-state index contributed by atoms with van der Waals surface area (Å²) >= 11 is 0. The summed E-state index contributed by atoms with van der Waals surface area (Å²) in [7, 11) is 1.44. The quantitative estimate of drug-likeness (QED) is 0.226. The van der Waals surface area contributed by atoms with Crippen LogP contribution >= 0.6 is 0 Å². The number of hydrogen-bond donors (Lipinski definition) is 0. The third-order valence-corrected chi connectivity index (χ3v) is 4.62. The molecule has 0 aliphatic heterocycles. The molecule has 3 aromatic rings. The first-order chi connectivity index (χ1) is 14.3. The van der Waals surface area contributed by atoms with Crippen LogP contribution in [0.1, 0.15) is 27.9 Å². The number of Topliss-reactive ketones (excluding diaryl/α,β-unsaturated/α-hetero) is 1. The predicted molar refractivity (Wildman–Crippen MR) is 99.8 cm³/mol. The molecule has 0 aliphatic carbocycles. The lowest BCUT2D eigenvalue weighted by Crippen LogP contribution is -2.10. The SMILES string of the molecule is COc1cccnc1-c1ccc(C)cc1C(=O)CCc1c(F)c(F)c(F)c(F)c1F. The highest BCUT2D eigenvalue weighted by Crippen LogP contribution is 2.32. The number of carbonyl (C=O) groups is 1. The van der Waals surface area contributed by atoms with E-state index in [-0.39, 0.29) is 5.56 Å². The number of aromatic nitrogens is 1. The number of nitrogens with zero attached hydrogens (tertiary/aromatic N) is 1. The van der Waals surface area contributed by atoms with E-state index in [0.717, 1.165) is 5.56 Å². The van der Waals surface area contributed by atoms with E-state index in [2.05, 4.69) is 4.98 Å². The molecule has 0 unspecified atom stereocenters. The zero-order chi connectivity index (χ0) is 22.0. The summed E-state index contributed by atoms with van der Waals surface area (Å²) in [5.74, 6) is -10.3. The van der Waals surface area contributed by atoms with Gasteiger partial charge in [-0.05, 0) is 31.5 Å². The van der Waals surface area contributed by atoms with Crippen LogP contribution in [-0.4, -0.2) is 17.9 Å². The van der Waals surface area contributed by atoms with Crippen molar-refractivity contribution in [3.8, 4) is 17.0 Å². The van der Waals surface area contributed by atoms with Crippen molar-refractivity contribution < 1.29 is 31.5 Å². The fraction of sp³-hybridized carbons (Fsp3) is 0.182. The van der Waals surface area contributed by atoms with E-state index in [1.807, 2.05) is 0 Å². The Labute approximate surface area is 169 Å². The summed E-state index contributed by atoms with van der Waals surface area (Å²) in [5.41, 5.74) is 0.744. The largest absolute Gasteiger partial charge is 0.494 e. The van der Waals surface area contributed by atoms with Gasteiger partial charge in [-0.25, -0.2) is 22.0 Å². The van der Waals surface area contributed by atoms with Crippen LogP contribution in [0.3, 0.4) is 0 Å². The molecule has 0 saturated carbocycles. The van der Waals surface area contributed by atoms with E-state index in [0.29, 0.717) is 17.0 Å². The molecular weight excluding hydrogens is 405 g/mol. The second kappa shape index (κ2) is 8.61. The van der Waals surface area contributed by atoms with Crippen molar-refractivity contribution in [2.75, 3.05) is 7.11 Å². The van der Waals surface area contributed by atoms with Gasteiger partial charge in [0.15, 0.2) is 29.1 Å². The molecule has 156 valence electrons. The van der Waals surface area contributed by atoms with E-state index in [1.165, 1.54) is 13.3 Å². The Morgan fingerprint density at radius 2 is 1.60 bits per heavy atom. The minimum Gasteiger partial charge on any atom is -0.494 e. The monoisotopic (exact) mass is 421 g/mol. The molecule has 0 amide bonds. The molecule has 0 aliphatic rings. The summed E-state index contributed by atoms with van der Waals surface area (Å²) < 4.78 is 73.1. The molecular formula is C22H16F5NO2. The van der Waals surface area contributed by atoms with Crippen LogP contribution in [0.15, 0.2) is 36.5 Å². The average Bonchev–Trinajstić information content (AvgIpc) is 2.76. The number of pyridine rings is 1. The van der Waals surface area contributed by atoms with E-state index in [1.54, 1.807) is 37.3 Å². The number of halogens is 5. The lowest BCUT2D eigenvalue weighted by molar-refractivity contribution is 0.0982. The number of benzene rings is 2. The normalized spacial score (nSPS) is 10.9. The number of hydrogen-bond acceptors (Lipinski definition) is 3. The minimum absolute atomic E-state index is 0.205. The van der Waals surface area contributed by atoms with Crippen molar-refractivity contribution in [2.24, 2.45) is 0 Å². The van der Waals surface area contributed by atoms with Crippen LogP contribution in [0.4, 0.5) is 22.0 Å². The third-order valence-electron chi connectivity index (χ3n) is 4.62.